The van der Waals surface area contributed by atoms with Crippen LogP contribution in [0.3, 0.4) is 0 Å². The van der Waals surface area contributed by atoms with Gasteiger partial charge in [0, 0.05) is 53.7 Å². The molecule has 4 rings (SSSR count). The maximum absolute atomic E-state index is 10.5. The number of aromatic nitrogens is 4. The van der Waals surface area contributed by atoms with Crippen LogP contribution in [0.2, 0.25) is 0 Å². The van der Waals surface area contributed by atoms with E-state index in [0.717, 1.165) is 27.7 Å². The Bertz CT molecular complexity index is 960. The Balaban J connectivity index is 1.72. The van der Waals surface area contributed by atoms with Gasteiger partial charge in [-0.2, -0.15) is 0 Å². The Hall–Kier alpha value is -3.05. The van der Waals surface area contributed by atoms with Crippen LogP contribution in [0, 0.1) is 0 Å². The highest BCUT2D eigenvalue weighted by molar-refractivity contribution is 5.94. The van der Waals surface area contributed by atoms with Crippen LogP contribution < -0.4 is 0 Å². The summed E-state index contributed by atoms with van der Waals surface area (Å²) >= 11 is 0. The van der Waals surface area contributed by atoms with Gasteiger partial charge >= 0.3 is 0 Å². The second-order valence-corrected chi connectivity index (χ2v) is 5.61. The fraction of sp³-hybridized carbons (Fsp3) is 0.105. The van der Waals surface area contributed by atoms with Crippen molar-refractivity contribution in [2.75, 3.05) is 0 Å². The number of rotatable bonds is 4. The molecule has 1 unspecified atom stereocenters. The molecule has 4 aromatic rings. The first-order valence-electron chi connectivity index (χ1n) is 7.75. The van der Waals surface area contributed by atoms with Crippen molar-refractivity contribution in [3.8, 4) is 11.4 Å². The topological polar surface area (TPSA) is 63.8 Å². The van der Waals surface area contributed by atoms with Gasteiger partial charge in [-0.15, -0.1) is 0 Å². The van der Waals surface area contributed by atoms with Crippen LogP contribution in [-0.4, -0.2) is 24.6 Å². The van der Waals surface area contributed by atoms with Crippen molar-refractivity contribution in [3.05, 3.63) is 79.1 Å². The maximum Gasteiger partial charge on any atom is 0.140 e. The Morgan fingerprint density at radius 1 is 0.958 bits per heavy atom. The van der Waals surface area contributed by atoms with Gasteiger partial charge in [-0.3, -0.25) is 9.97 Å². The molecule has 1 N–H and O–H groups in total. The van der Waals surface area contributed by atoms with E-state index in [2.05, 4.69) is 15.0 Å². The summed E-state index contributed by atoms with van der Waals surface area (Å²) in [5.74, 6) is 0.828. The summed E-state index contributed by atoms with van der Waals surface area (Å²) in [6.45, 7) is 0.419. The number of pyridine rings is 2. The zero-order valence-corrected chi connectivity index (χ0v) is 12.9. The van der Waals surface area contributed by atoms with Crippen molar-refractivity contribution in [1.29, 1.82) is 0 Å². The van der Waals surface area contributed by atoms with Crippen molar-refractivity contribution < 1.29 is 5.11 Å². The Kier molecular flexibility index (Phi) is 3.76. The Labute approximate surface area is 139 Å². The van der Waals surface area contributed by atoms with Crippen molar-refractivity contribution in [1.82, 2.24) is 19.5 Å². The predicted molar refractivity (Wildman–Crippen MR) is 92.2 cm³/mol. The lowest BCUT2D eigenvalue weighted by Crippen LogP contribution is -2.09. The van der Waals surface area contributed by atoms with Gasteiger partial charge in [-0.05, 0) is 17.5 Å². The lowest BCUT2D eigenvalue weighted by molar-refractivity contribution is 0.156. The fourth-order valence-corrected chi connectivity index (χ4v) is 2.88. The minimum absolute atomic E-state index is 0.419. The average Bonchev–Trinajstić information content (AvgIpc) is 3.10. The first kappa shape index (κ1) is 14.5. The summed E-state index contributed by atoms with van der Waals surface area (Å²) in [6.07, 6.45) is 10.0. The zero-order chi connectivity index (χ0) is 16.4. The smallest absolute Gasteiger partial charge is 0.140 e. The average molecular weight is 316 g/mol. The third-order valence-electron chi connectivity index (χ3n) is 4.08. The molecule has 0 spiro atoms. The lowest BCUT2D eigenvalue weighted by atomic mass is 10.1. The monoisotopic (exact) mass is 316 g/mol. The summed E-state index contributed by atoms with van der Waals surface area (Å²) < 4.78 is 1.97. The van der Waals surface area contributed by atoms with Gasteiger partial charge in [-0.25, -0.2) is 4.98 Å². The first-order chi connectivity index (χ1) is 11.8. The van der Waals surface area contributed by atoms with Gasteiger partial charge in [0.25, 0.3) is 0 Å². The summed E-state index contributed by atoms with van der Waals surface area (Å²) in [5, 5.41) is 12.6. The van der Waals surface area contributed by atoms with E-state index in [0.29, 0.717) is 6.54 Å². The van der Waals surface area contributed by atoms with Gasteiger partial charge < -0.3 is 9.67 Å². The second kappa shape index (κ2) is 6.22. The summed E-state index contributed by atoms with van der Waals surface area (Å²) in [6, 6.07) is 11.8. The number of fused-ring (bicyclic) bond motifs is 1. The van der Waals surface area contributed by atoms with Gasteiger partial charge in [0.15, 0.2) is 0 Å². The quantitative estimate of drug-likeness (QED) is 0.628. The third kappa shape index (κ3) is 2.66. The van der Waals surface area contributed by atoms with Crippen LogP contribution >= 0.6 is 0 Å². The van der Waals surface area contributed by atoms with E-state index < -0.39 is 6.10 Å². The van der Waals surface area contributed by atoms with Gasteiger partial charge in [0.05, 0.1) is 12.6 Å². The summed E-state index contributed by atoms with van der Waals surface area (Å²) in [5.41, 5.74) is 1.82. The number of nitrogens with zero attached hydrogens (tertiary/aromatic N) is 4. The minimum Gasteiger partial charge on any atom is -0.386 e. The molecule has 0 aliphatic heterocycles. The minimum atomic E-state index is -0.636. The lowest BCUT2D eigenvalue weighted by Gasteiger charge is -2.14. The number of aliphatic hydroxyl groups is 1. The highest BCUT2D eigenvalue weighted by Gasteiger charge is 2.14. The van der Waals surface area contributed by atoms with Gasteiger partial charge in [0.1, 0.15) is 5.82 Å². The molecule has 0 fully saturated rings. The molecule has 3 aromatic heterocycles. The Morgan fingerprint density at radius 2 is 1.88 bits per heavy atom. The molecule has 5 nitrogen and oxygen atoms in total. The molecule has 1 aromatic carbocycles. The number of hydrogen-bond acceptors (Lipinski definition) is 4. The molecule has 0 radical (unpaired) electrons. The van der Waals surface area contributed by atoms with E-state index >= 15 is 0 Å². The fourth-order valence-electron chi connectivity index (χ4n) is 2.88. The molecule has 0 saturated carbocycles. The number of imidazole rings is 1. The molecule has 0 aliphatic carbocycles. The molecule has 0 amide bonds. The number of aliphatic hydroxyl groups excluding tert-OH is 1. The molecular formula is C19H16N4O. The highest BCUT2D eigenvalue weighted by Crippen LogP contribution is 2.28. The van der Waals surface area contributed by atoms with E-state index in [1.807, 2.05) is 53.4 Å². The molecule has 5 heteroatoms. The molecule has 1 atom stereocenters. The summed E-state index contributed by atoms with van der Waals surface area (Å²) in [4.78, 5) is 12.7. The number of benzene rings is 1. The Morgan fingerprint density at radius 3 is 2.75 bits per heavy atom. The van der Waals surface area contributed by atoms with E-state index in [4.69, 9.17) is 0 Å². The largest absolute Gasteiger partial charge is 0.386 e. The molecule has 3 heterocycles. The van der Waals surface area contributed by atoms with E-state index in [-0.39, 0.29) is 0 Å². The molecule has 24 heavy (non-hydrogen) atoms. The standard InChI is InChI=1S/C19H16N4O/c24-18(15-4-2-7-20-12-15)13-23-10-9-22-19(23)17-5-1-3-14-11-21-8-6-16(14)17/h1-12,18,24H,13H2. The van der Waals surface area contributed by atoms with Crippen LogP contribution in [0.4, 0.5) is 0 Å². The normalized spacial score (nSPS) is 12.4. The van der Waals surface area contributed by atoms with Crippen LogP contribution in [0.1, 0.15) is 11.7 Å². The zero-order valence-electron chi connectivity index (χ0n) is 12.9. The SMILES string of the molecule is OC(Cn1ccnc1-c1cccc2cnccc12)c1cccnc1. The van der Waals surface area contributed by atoms with Crippen LogP contribution in [0.25, 0.3) is 22.2 Å². The van der Waals surface area contributed by atoms with E-state index in [1.54, 1.807) is 24.8 Å². The highest BCUT2D eigenvalue weighted by atomic mass is 16.3. The molecule has 0 bridgehead atoms. The molecule has 0 aliphatic rings. The van der Waals surface area contributed by atoms with Gasteiger partial charge in [0.2, 0.25) is 0 Å². The van der Waals surface area contributed by atoms with Crippen molar-refractivity contribution >= 4 is 10.8 Å². The third-order valence-corrected chi connectivity index (χ3v) is 4.08. The predicted octanol–water partition coefficient (Wildman–Crippen LogP) is 3.23. The maximum atomic E-state index is 10.5. The van der Waals surface area contributed by atoms with Gasteiger partial charge in [-0.1, -0.05) is 24.3 Å². The van der Waals surface area contributed by atoms with Crippen LogP contribution in [0.5, 0.6) is 0 Å². The van der Waals surface area contributed by atoms with Crippen LogP contribution in [0.15, 0.2) is 73.6 Å². The molecular weight excluding hydrogens is 300 g/mol. The summed E-state index contributed by atoms with van der Waals surface area (Å²) in [7, 11) is 0. The molecule has 0 saturated heterocycles. The van der Waals surface area contributed by atoms with Crippen molar-refractivity contribution in [3.63, 3.8) is 0 Å². The number of hydrogen-bond donors (Lipinski definition) is 1. The molecule has 118 valence electrons. The van der Waals surface area contributed by atoms with E-state index in [1.165, 1.54) is 0 Å². The van der Waals surface area contributed by atoms with E-state index in [9.17, 15) is 5.11 Å². The first-order valence-corrected chi connectivity index (χ1v) is 7.75. The second-order valence-electron chi connectivity index (χ2n) is 5.61. The van der Waals surface area contributed by atoms with Crippen molar-refractivity contribution in [2.24, 2.45) is 0 Å². The van der Waals surface area contributed by atoms with Crippen LogP contribution in [-0.2, 0) is 6.54 Å². The van der Waals surface area contributed by atoms with Crippen molar-refractivity contribution in [2.45, 2.75) is 12.6 Å².